The molecule has 0 radical (unpaired) electrons. The van der Waals surface area contributed by atoms with Crippen LogP contribution in [0.3, 0.4) is 0 Å². The molecule has 1 aromatic carbocycles. The van der Waals surface area contributed by atoms with Gasteiger partial charge in [-0.3, -0.25) is 9.59 Å². The molecule has 1 aromatic rings. The lowest BCUT2D eigenvalue weighted by molar-refractivity contribution is -0.137. The minimum Gasteiger partial charge on any atom is -0.355 e. The summed E-state index contributed by atoms with van der Waals surface area (Å²) in [5.74, 6) is -0.255. The Labute approximate surface area is 126 Å². The standard InChI is InChI=1S/C17H24N2O2/c1-3-4-11-18-15(20)17(9-10-17)16(21)19-12-14-7-5-13(2)6-8-14/h5-8H,3-4,9-12H2,1-2H3,(H,18,20)(H,19,21). The second-order valence-electron chi connectivity index (χ2n) is 5.86. The molecule has 4 nitrogen and oxygen atoms in total. The van der Waals surface area contributed by atoms with Crippen LogP contribution in [0.1, 0.15) is 43.7 Å². The van der Waals surface area contributed by atoms with Crippen LogP contribution in [0.5, 0.6) is 0 Å². The number of aryl methyl sites for hydroxylation is 1. The fourth-order valence-electron chi connectivity index (χ4n) is 2.29. The minimum absolute atomic E-state index is 0.114. The zero-order valence-electron chi connectivity index (χ0n) is 12.9. The zero-order valence-corrected chi connectivity index (χ0v) is 12.9. The van der Waals surface area contributed by atoms with Crippen molar-refractivity contribution in [2.45, 2.75) is 46.1 Å². The second kappa shape index (κ2) is 6.74. The highest BCUT2D eigenvalue weighted by atomic mass is 16.2. The van der Waals surface area contributed by atoms with Crippen LogP contribution in [0.15, 0.2) is 24.3 Å². The maximum Gasteiger partial charge on any atom is 0.235 e. The van der Waals surface area contributed by atoms with E-state index in [1.54, 1.807) is 0 Å². The largest absolute Gasteiger partial charge is 0.355 e. The Kier molecular flexibility index (Phi) is 4.99. The van der Waals surface area contributed by atoms with Crippen LogP contribution in [0.25, 0.3) is 0 Å². The number of hydrogen-bond acceptors (Lipinski definition) is 2. The van der Waals surface area contributed by atoms with Crippen molar-refractivity contribution in [3.63, 3.8) is 0 Å². The van der Waals surface area contributed by atoms with E-state index in [1.807, 2.05) is 31.2 Å². The summed E-state index contributed by atoms with van der Waals surface area (Å²) in [5, 5.41) is 5.77. The molecule has 0 atom stereocenters. The number of benzene rings is 1. The van der Waals surface area contributed by atoms with Crippen LogP contribution in [0.4, 0.5) is 0 Å². The predicted molar refractivity (Wildman–Crippen MR) is 82.6 cm³/mol. The van der Waals surface area contributed by atoms with Crippen molar-refractivity contribution in [2.75, 3.05) is 6.54 Å². The fraction of sp³-hybridized carbons (Fsp3) is 0.529. The van der Waals surface area contributed by atoms with Gasteiger partial charge in [-0.2, -0.15) is 0 Å². The molecule has 2 N–H and O–H groups in total. The molecule has 2 amide bonds. The van der Waals surface area contributed by atoms with Crippen molar-refractivity contribution < 1.29 is 9.59 Å². The van der Waals surface area contributed by atoms with E-state index in [2.05, 4.69) is 17.6 Å². The fourth-order valence-corrected chi connectivity index (χ4v) is 2.29. The van der Waals surface area contributed by atoms with Crippen LogP contribution in [0.2, 0.25) is 0 Å². The van der Waals surface area contributed by atoms with Crippen LogP contribution in [-0.4, -0.2) is 18.4 Å². The third-order valence-corrected chi connectivity index (χ3v) is 4.01. The van der Waals surface area contributed by atoms with E-state index in [-0.39, 0.29) is 11.8 Å². The number of hydrogen-bond donors (Lipinski definition) is 2. The summed E-state index contributed by atoms with van der Waals surface area (Å²) >= 11 is 0. The zero-order chi connectivity index (χ0) is 15.3. The van der Waals surface area contributed by atoms with E-state index in [9.17, 15) is 9.59 Å². The molecule has 0 saturated heterocycles. The van der Waals surface area contributed by atoms with E-state index in [0.29, 0.717) is 25.9 Å². The maximum atomic E-state index is 12.3. The van der Waals surface area contributed by atoms with E-state index >= 15 is 0 Å². The Balaban J connectivity index is 1.84. The minimum atomic E-state index is -0.807. The summed E-state index contributed by atoms with van der Waals surface area (Å²) in [4.78, 5) is 24.4. The van der Waals surface area contributed by atoms with Gasteiger partial charge < -0.3 is 10.6 Å². The van der Waals surface area contributed by atoms with E-state index < -0.39 is 5.41 Å². The average molecular weight is 288 g/mol. The molecule has 0 aromatic heterocycles. The molecule has 21 heavy (non-hydrogen) atoms. The van der Waals surface area contributed by atoms with Gasteiger partial charge in [-0.1, -0.05) is 43.2 Å². The van der Waals surface area contributed by atoms with Crippen molar-refractivity contribution in [3.05, 3.63) is 35.4 Å². The van der Waals surface area contributed by atoms with Crippen LogP contribution in [0, 0.1) is 12.3 Å². The lowest BCUT2D eigenvalue weighted by atomic mass is 10.0. The molecule has 0 heterocycles. The molecule has 2 rings (SSSR count). The third kappa shape index (κ3) is 3.84. The average Bonchev–Trinajstić information content (AvgIpc) is 3.28. The summed E-state index contributed by atoms with van der Waals surface area (Å²) in [6.07, 6.45) is 3.30. The summed E-state index contributed by atoms with van der Waals surface area (Å²) in [7, 11) is 0. The van der Waals surface area contributed by atoms with Crippen LogP contribution >= 0.6 is 0 Å². The highest BCUT2D eigenvalue weighted by Crippen LogP contribution is 2.46. The van der Waals surface area contributed by atoms with Crippen molar-refractivity contribution >= 4 is 11.8 Å². The van der Waals surface area contributed by atoms with E-state index in [1.165, 1.54) is 5.56 Å². The topological polar surface area (TPSA) is 58.2 Å². The molecule has 0 spiro atoms. The molecule has 4 heteroatoms. The first-order valence-corrected chi connectivity index (χ1v) is 7.70. The Morgan fingerprint density at radius 2 is 1.71 bits per heavy atom. The van der Waals surface area contributed by atoms with Gasteiger partial charge in [0.25, 0.3) is 0 Å². The Bertz CT molecular complexity index is 504. The van der Waals surface area contributed by atoms with Gasteiger partial charge in [0, 0.05) is 13.1 Å². The number of unbranched alkanes of at least 4 members (excludes halogenated alkanes) is 1. The molecule has 0 unspecified atom stereocenters. The van der Waals surface area contributed by atoms with Crippen molar-refractivity contribution in [3.8, 4) is 0 Å². The van der Waals surface area contributed by atoms with Gasteiger partial charge in [-0.25, -0.2) is 0 Å². The van der Waals surface area contributed by atoms with Crippen LogP contribution < -0.4 is 10.6 Å². The first kappa shape index (κ1) is 15.5. The molecule has 114 valence electrons. The van der Waals surface area contributed by atoms with Crippen molar-refractivity contribution in [1.82, 2.24) is 10.6 Å². The molecule has 0 bridgehead atoms. The lowest BCUT2D eigenvalue weighted by Gasteiger charge is -2.15. The third-order valence-electron chi connectivity index (χ3n) is 4.01. The van der Waals surface area contributed by atoms with Gasteiger partial charge in [0.1, 0.15) is 5.41 Å². The number of carbonyl (C=O) groups excluding carboxylic acids is 2. The molecular formula is C17H24N2O2. The highest BCUT2D eigenvalue weighted by molar-refractivity contribution is 6.07. The number of amides is 2. The lowest BCUT2D eigenvalue weighted by Crippen LogP contribution is -2.43. The normalized spacial score (nSPS) is 15.3. The Hall–Kier alpha value is -1.84. The number of rotatable bonds is 7. The predicted octanol–water partition coefficient (Wildman–Crippen LogP) is 2.31. The van der Waals surface area contributed by atoms with Gasteiger partial charge >= 0.3 is 0 Å². The van der Waals surface area contributed by atoms with Crippen LogP contribution in [-0.2, 0) is 16.1 Å². The summed E-state index contributed by atoms with van der Waals surface area (Å²) < 4.78 is 0. The Morgan fingerprint density at radius 3 is 2.29 bits per heavy atom. The maximum absolute atomic E-state index is 12.3. The monoisotopic (exact) mass is 288 g/mol. The van der Waals surface area contributed by atoms with Crippen molar-refractivity contribution in [2.24, 2.45) is 5.41 Å². The molecule has 1 aliphatic rings. The van der Waals surface area contributed by atoms with Gasteiger partial charge in [0.05, 0.1) is 0 Å². The van der Waals surface area contributed by atoms with Crippen molar-refractivity contribution in [1.29, 1.82) is 0 Å². The summed E-state index contributed by atoms with van der Waals surface area (Å²) in [6.45, 7) is 5.24. The number of nitrogens with one attached hydrogen (secondary N) is 2. The summed E-state index contributed by atoms with van der Waals surface area (Å²) in [5.41, 5.74) is 1.44. The Morgan fingerprint density at radius 1 is 1.10 bits per heavy atom. The molecule has 1 fully saturated rings. The first-order chi connectivity index (χ1) is 10.1. The number of carbonyl (C=O) groups is 2. The van der Waals surface area contributed by atoms with Gasteiger partial charge in [-0.15, -0.1) is 0 Å². The van der Waals surface area contributed by atoms with E-state index in [4.69, 9.17) is 0 Å². The first-order valence-electron chi connectivity index (χ1n) is 7.70. The van der Waals surface area contributed by atoms with Gasteiger partial charge in [0.15, 0.2) is 0 Å². The summed E-state index contributed by atoms with van der Waals surface area (Å²) in [6, 6.07) is 8.03. The SMILES string of the molecule is CCCCNC(=O)C1(C(=O)NCc2ccc(C)cc2)CC1. The van der Waals surface area contributed by atoms with E-state index in [0.717, 1.165) is 18.4 Å². The second-order valence-corrected chi connectivity index (χ2v) is 5.86. The quantitative estimate of drug-likeness (QED) is 0.597. The van der Waals surface area contributed by atoms with Gasteiger partial charge in [0.2, 0.25) is 11.8 Å². The van der Waals surface area contributed by atoms with Gasteiger partial charge in [-0.05, 0) is 31.7 Å². The molecule has 1 saturated carbocycles. The molecule has 0 aliphatic heterocycles. The molecular weight excluding hydrogens is 264 g/mol. The molecule has 1 aliphatic carbocycles. The highest BCUT2D eigenvalue weighted by Gasteiger charge is 2.56. The smallest absolute Gasteiger partial charge is 0.235 e.